The zero-order valence-corrected chi connectivity index (χ0v) is 15.4. The zero-order chi connectivity index (χ0) is 19.2. The minimum atomic E-state index is -0.937. The lowest BCUT2D eigenvalue weighted by molar-refractivity contribution is -0.155. The van der Waals surface area contributed by atoms with E-state index in [1.54, 1.807) is 34.6 Å². The molecular weight excluding hydrogens is 300 g/mol. The van der Waals surface area contributed by atoms with Crippen molar-refractivity contribution in [3.63, 3.8) is 0 Å². The molecule has 2 atom stereocenters. The van der Waals surface area contributed by atoms with Gasteiger partial charge < -0.3 is 14.4 Å². The number of amides is 2. The molecule has 0 aromatic carbocycles. The SMILES string of the molecule is [2H]CN(C(=O)OC(C)(C)C)[C@@H](C)C(=O)N(C)[C@H](C(=O)OC)C(C)C. The van der Waals surface area contributed by atoms with Crippen LogP contribution in [0.2, 0.25) is 0 Å². The number of rotatable bonds is 5. The van der Waals surface area contributed by atoms with Crippen LogP contribution in [0.25, 0.3) is 0 Å². The normalized spacial score (nSPS) is 14.6. The fraction of sp³-hybridized carbons (Fsp3) is 0.812. The highest BCUT2D eigenvalue weighted by atomic mass is 16.6. The third-order valence-corrected chi connectivity index (χ3v) is 3.29. The topological polar surface area (TPSA) is 76.2 Å². The molecule has 0 aromatic heterocycles. The van der Waals surface area contributed by atoms with Crippen molar-refractivity contribution in [2.24, 2.45) is 5.92 Å². The van der Waals surface area contributed by atoms with Crippen molar-refractivity contribution in [3.05, 3.63) is 0 Å². The van der Waals surface area contributed by atoms with E-state index in [4.69, 9.17) is 10.8 Å². The largest absolute Gasteiger partial charge is 0.467 e. The van der Waals surface area contributed by atoms with Gasteiger partial charge in [-0.1, -0.05) is 13.8 Å². The number of esters is 1. The molecule has 0 rings (SSSR count). The Balaban J connectivity index is 5.29. The molecule has 0 spiro atoms. The highest BCUT2D eigenvalue weighted by Gasteiger charge is 2.35. The minimum Gasteiger partial charge on any atom is -0.467 e. The lowest BCUT2D eigenvalue weighted by Gasteiger charge is -2.34. The van der Waals surface area contributed by atoms with Gasteiger partial charge in [0.25, 0.3) is 0 Å². The molecule has 0 fully saturated rings. The molecule has 134 valence electrons. The summed E-state index contributed by atoms with van der Waals surface area (Å²) in [5.41, 5.74) is -0.730. The first-order valence-corrected chi connectivity index (χ1v) is 7.50. The summed E-state index contributed by atoms with van der Waals surface area (Å²) in [6, 6.07) is -1.70. The molecule has 0 heterocycles. The minimum absolute atomic E-state index is 0.162. The highest BCUT2D eigenvalue weighted by molar-refractivity contribution is 5.89. The average Bonchev–Trinajstić information content (AvgIpc) is 2.44. The van der Waals surface area contributed by atoms with Crippen LogP contribution in [0.1, 0.15) is 42.9 Å². The Kier molecular flexibility index (Phi) is 6.84. The summed E-state index contributed by atoms with van der Waals surface area (Å²) in [7, 11) is 2.31. The number of methoxy groups -OCH3 is 1. The summed E-state index contributed by atoms with van der Waals surface area (Å²) in [4.78, 5) is 39.0. The molecule has 0 radical (unpaired) electrons. The lowest BCUT2D eigenvalue weighted by Crippen LogP contribution is -2.53. The number of carbonyl (C=O) groups is 3. The lowest BCUT2D eigenvalue weighted by atomic mass is 10.0. The van der Waals surface area contributed by atoms with Gasteiger partial charge >= 0.3 is 12.1 Å². The second-order valence-electron chi connectivity index (χ2n) is 6.79. The molecule has 0 saturated heterocycles. The summed E-state index contributed by atoms with van der Waals surface area (Å²) < 4.78 is 17.5. The van der Waals surface area contributed by atoms with E-state index < -0.39 is 42.7 Å². The Morgan fingerprint density at radius 2 is 1.61 bits per heavy atom. The molecule has 0 aromatic rings. The van der Waals surface area contributed by atoms with E-state index in [1.807, 2.05) is 0 Å². The van der Waals surface area contributed by atoms with Crippen LogP contribution in [0.5, 0.6) is 0 Å². The molecule has 0 bridgehead atoms. The first-order valence-electron chi connectivity index (χ1n) is 8.21. The summed E-state index contributed by atoms with van der Waals surface area (Å²) in [6.45, 7) is 10.2. The van der Waals surface area contributed by atoms with Crippen LogP contribution in [-0.4, -0.2) is 66.6 Å². The van der Waals surface area contributed by atoms with E-state index in [1.165, 1.54) is 26.0 Å². The van der Waals surface area contributed by atoms with Gasteiger partial charge in [0, 0.05) is 15.4 Å². The Labute approximate surface area is 140 Å². The molecule has 0 unspecified atom stereocenters. The molecule has 7 nitrogen and oxygen atoms in total. The van der Waals surface area contributed by atoms with Crippen LogP contribution in [0.4, 0.5) is 4.79 Å². The maximum atomic E-state index is 12.7. The van der Waals surface area contributed by atoms with Crippen molar-refractivity contribution in [1.82, 2.24) is 9.80 Å². The standard InChI is InChI=1S/C16H30N2O5/c1-10(2)12(14(20)22-9)18(8)13(19)11(3)17(7)15(21)23-16(4,5)6/h10-12H,1-9H3/t11-,12-/m0/s1/i7D. The predicted molar refractivity (Wildman–Crippen MR) is 86.9 cm³/mol. The maximum Gasteiger partial charge on any atom is 0.410 e. The van der Waals surface area contributed by atoms with Gasteiger partial charge in [-0.2, -0.15) is 0 Å². The maximum absolute atomic E-state index is 12.7. The fourth-order valence-electron chi connectivity index (χ4n) is 2.04. The van der Waals surface area contributed by atoms with E-state index >= 15 is 0 Å². The van der Waals surface area contributed by atoms with Gasteiger partial charge in [0.1, 0.15) is 17.7 Å². The second kappa shape index (κ2) is 8.17. The van der Waals surface area contributed by atoms with Crippen LogP contribution >= 0.6 is 0 Å². The summed E-state index contributed by atoms with van der Waals surface area (Å²) in [6.07, 6.45) is -0.745. The van der Waals surface area contributed by atoms with E-state index in [0.717, 1.165) is 4.90 Å². The van der Waals surface area contributed by atoms with Crippen LogP contribution in [0.3, 0.4) is 0 Å². The number of ether oxygens (including phenoxy) is 2. The molecular formula is C16H30N2O5. The van der Waals surface area contributed by atoms with Gasteiger partial charge in [-0.05, 0) is 33.6 Å². The molecule has 7 heteroatoms. The Bertz CT molecular complexity index is 462. The van der Waals surface area contributed by atoms with Crippen LogP contribution in [0.15, 0.2) is 0 Å². The van der Waals surface area contributed by atoms with Crippen molar-refractivity contribution < 1.29 is 25.2 Å². The van der Waals surface area contributed by atoms with E-state index in [2.05, 4.69) is 0 Å². The van der Waals surface area contributed by atoms with Gasteiger partial charge in [-0.25, -0.2) is 9.59 Å². The highest BCUT2D eigenvalue weighted by Crippen LogP contribution is 2.15. The van der Waals surface area contributed by atoms with Crippen LogP contribution in [-0.2, 0) is 19.1 Å². The van der Waals surface area contributed by atoms with Gasteiger partial charge in [0.05, 0.1) is 7.11 Å². The van der Waals surface area contributed by atoms with Crippen LogP contribution in [0, 0.1) is 5.92 Å². The zero-order valence-electron chi connectivity index (χ0n) is 16.4. The average molecular weight is 331 g/mol. The fourth-order valence-corrected chi connectivity index (χ4v) is 2.04. The first kappa shape index (κ1) is 19.3. The first-order chi connectivity index (χ1) is 10.9. The summed E-state index contributed by atoms with van der Waals surface area (Å²) in [5, 5.41) is 0. The molecule has 0 aliphatic heterocycles. The monoisotopic (exact) mass is 331 g/mol. The quantitative estimate of drug-likeness (QED) is 0.719. The molecule has 0 N–H and O–H groups in total. The molecule has 23 heavy (non-hydrogen) atoms. The van der Waals surface area contributed by atoms with Crippen molar-refractivity contribution in [1.29, 1.82) is 0 Å². The number of hydrogen-bond donors (Lipinski definition) is 0. The molecule has 2 amide bonds. The second-order valence-corrected chi connectivity index (χ2v) is 6.79. The van der Waals surface area contributed by atoms with Crippen molar-refractivity contribution >= 4 is 18.0 Å². The number of likely N-dealkylation sites (N-methyl/N-ethyl adjacent to an activating group) is 2. The van der Waals surface area contributed by atoms with Crippen LogP contribution < -0.4 is 0 Å². The van der Waals surface area contributed by atoms with E-state index in [9.17, 15) is 14.4 Å². The summed E-state index contributed by atoms with van der Waals surface area (Å²) >= 11 is 0. The third kappa shape index (κ3) is 6.08. The number of nitrogens with zero attached hydrogens (tertiary/aromatic N) is 2. The Morgan fingerprint density at radius 3 is 1.96 bits per heavy atom. The van der Waals surface area contributed by atoms with Gasteiger partial charge in [-0.3, -0.25) is 9.69 Å². The van der Waals surface area contributed by atoms with E-state index in [0.29, 0.717) is 0 Å². The third-order valence-electron chi connectivity index (χ3n) is 3.29. The van der Waals surface area contributed by atoms with Crippen molar-refractivity contribution in [2.45, 2.75) is 59.2 Å². The van der Waals surface area contributed by atoms with Crippen molar-refractivity contribution in [2.75, 3.05) is 21.2 Å². The summed E-state index contributed by atoms with van der Waals surface area (Å²) in [5.74, 6) is -1.15. The Morgan fingerprint density at radius 1 is 1.09 bits per heavy atom. The Hall–Kier alpha value is -1.79. The van der Waals surface area contributed by atoms with Gasteiger partial charge in [0.2, 0.25) is 5.91 Å². The number of hydrogen-bond acceptors (Lipinski definition) is 5. The van der Waals surface area contributed by atoms with E-state index in [-0.39, 0.29) is 5.92 Å². The molecule has 0 saturated carbocycles. The van der Waals surface area contributed by atoms with Gasteiger partial charge in [-0.15, -0.1) is 0 Å². The molecule has 0 aliphatic carbocycles. The smallest absolute Gasteiger partial charge is 0.410 e. The van der Waals surface area contributed by atoms with Crippen molar-refractivity contribution in [3.8, 4) is 0 Å². The number of carbonyl (C=O) groups excluding carboxylic acids is 3. The molecule has 0 aliphatic rings. The predicted octanol–water partition coefficient (Wildman–Crippen LogP) is 1.90. The van der Waals surface area contributed by atoms with Gasteiger partial charge in [0.15, 0.2) is 0 Å².